The number of rotatable bonds is 41. The van der Waals surface area contributed by atoms with Crippen LogP contribution in [0, 0.1) is 0 Å². The number of aliphatic hydroxyl groups excluding tert-OH is 1. The molecule has 1 N–H and O–H groups in total. The van der Waals surface area contributed by atoms with E-state index in [-0.39, 0.29) is 12.9 Å². The summed E-state index contributed by atoms with van der Waals surface area (Å²) in [6.07, 6.45) is 34.6. The van der Waals surface area contributed by atoms with Crippen molar-refractivity contribution in [2.45, 2.75) is 213 Å². The Bertz CT molecular complexity index is 618. The normalized spacial score (nSPS) is 11.6. The van der Waals surface area contributed by atoms with Crippen LogP contribution in [0.25, 0.3) is 0 Å². The molecule has 0 aromatic rings. The molecule has 0 heterocycles. The Kier molecular flexibility index (Phi) is 40.8. The van der Waals surface area contributed by atoms with Crippen molar-refractivity contribution in [3.8, 4) is 0 Å². The molecule has 0 aliphatic carbocycles. The van der Waals surface area contributed by atoms with E-state index in [2.05, 4.69) is 25.7 Å². The molecular formula is C42H85NO6. The molecule has 0 radical (unpaired) electrons. The molecule has 7 nitrogen and oxygen atoms in total. The predicted molar refractivity (Wildman–Crippen MR) is 207 cm³/mol. The first-order chi connectivity index (χ1) is 24.2. The van der Waals surface area contributed by atoms with Gasteiger partial charge in [0.15, 0.2) is 6.29 Å². The van der Waals surface area contributed by atoms with E-state index in [0.29, 0.717) is 13.2 Å². The fourth-order valence-electron chi connectivity index (χ4n) is 6.27. The van der Waals surface area contributed by atoms with Gasteiger partial charge in [0, 0.05) is 19.8 Å². The highest BCUT2D eigenvalue weighted by molar-refractivity contribution is 5.59. The monoisotopic (exact) mass is 700 g/mol. The van der Waals surface area contributed by atoms with Crippen molar-refractivity contribution in [3.05, 3.63) is 0 Å². The number of unbranched alkanes of at least 4 members (excludes halogenated alkanes) is 23. The smallest absolute Gasteiger partial charge is 0.434 e. The molecule has 0 atom stereocenters. The highest BCUT2D eigenvalue weighted by atomic mass is 16.7. The van der Waals surface area contributed by atoms with E-state index in [1.165, 1.54) is 128 Å². The Hall–Kier alpha value is -0.890. The number of carbonyl (C=O) groups is 1. The fraction of sp³-hybridized carbons (Fsp3) is 0.976. The minimum Gasteiger partial charge on any atom is -0.434 e. The Morgan fingerprint density at radius 3 is 1.20 bits per heavy atom. The highest BCUT2D eigenvalue weighted by Crippen LogP contribution is 2.15. The Morgan fingerprint density at radius 2 is 0.796 bits per heavy atom. The summed E-state index contributed by atoms with van der Waals surface area (Å²) in [7, 11) is 0. The molecule has 0 aliphatic rings. The van der Waals surface area contributed by atoms with Gasteiger partial charge in [0.25, 0.3) is 0 Å². The van der Waals surface area contributed by atoms with E-state index in [1.807, 2.05) is 0 Å². The van der Waals surface area contributed by atoms with Crippen molar-refractivity contribution >= 4 is 6.16 Å². The maximum Gasteiger partial charge on any atom is 0.508 e. The van der Waals surface area contributed by atoms with Crippen molar-refractivity contribution in [3.63, 3.8) is 0 Å². The zero-order chi connectivity index (χ0) is 35.7. The first kappa shape index (κ1) is 48.1. The van der Waals surface area contributed by atoms with E-state index in [4.69, 9.17) is 18.9 Å². The van der Waals surface area contributed by atoms with Gasteiger partial charge < -0.3 is 29.0 Å². The lowest BCUT2D eigenvalue weighted by molar-refractivity contribution is -0.148. The van der Waals surface area contributed by atoms with Crippen molar-refractivity contribution in [1.82, 2.24) is 4.90 Å². The summed E-state index contributed by atoms with van der Waals surface area (Å²) in [6.45, 7) is 12.4. The van der Waals surface area contributed by atoms with Crippen molar-refractivity contribution in [2.75, 3.05) is 52.7 Å². The summed E-state index contributed by atoms with van der Waals surface area (Å²) in [5.74, 6) is 0. The van der Waals surface area contributed by atoms with Crippen molar-refractivity contribution in [1.29, 1.82) is 0 Å². The van der Waals surface area contributed by atoms with E-state index in [1.54, 1.807) is 0 Å². The highest BCUT2D eigenvalue weighted by Gasteiger charge is 2.10. The van der Waals surface area contributed by atoms with Crippen LogP contribution in [0.1, 0.15) is 207 Å². The summed E-state index contributed by atoms with van der Waals surface area (Å²) in [4.78, 5) is 14.2. The van der Waals surface area contributed by atoms with Gasteiger partial charge in [-0.25, -0.2) is 4.79 Å². The van der Waals surface area contributed by atoms with Gasteiger partial charge in [-0.05, 0) is 64.5 Å². The number of carbonyl (C=O) groups excluding carboxylic acids is 1. The second-order valence-corrected chi connectivity index (χ2v) is 14.3. The third-order valence-electron chi connectivity index (χ3n) is 9.49. The average molecular weight is 700 g/mol. The molecule has 0 aliphatic heterocycles. The van der Waals surface area contributed by atoms with Gasteiger partial charge in [0.1, 0.15) is 0 Å². The molecule has 7 heteroatoms. The Labute approximate surface area is 305 Å². The summed E-state index contributed by atoms with van der Waals surface area (Å²) in [6, 6.07) is 0. The van der Waals surface area contributed by atoms with E-state index in [0.717, 1.165) is 90.6 Å². The van der Waals surface area contributed by atoms with Gasteiger partial charge in [0.05, 0.1) is 19.8 Å². The van der Waals surface area contributed by atoms with Crippen molar-refractivity contribution < 1.29 is 28.8 Å². The second kappa shape index (κ2) is 41.5. The second-order valence-electron chi connectivity index (χ2n) is 14.3. The quantitative estimate of drug-likeness (QED) is 0.0386. The molecule has 0 spiro atoms. The molecule has 0 aromatic carbocycles. The molecule has 0 fully saturated rings. The minimum absolute atomic E-state index is 0.0357. The molecule has 0 amide bonds. The molecule has 294 valence electrons. The van der Waals surface area contributed by atoms with Gasteiger partial charge in [-0.15, -0.1) is 0 Å². The molecule has 0 rings (SSSR count). The fourth-order valence-corrected chi connectivity index (χ4v) is 6.27. The van der Waals surface area contributed by atoms with Crippen LogP contribution in [0.5, 0.6) is 0 Å². The SMILES string of the molecule is CCCCCCCCCOC(=O)OCCCCCCN(CCO)CCCCCCCC(OCCCCCCCC)OCCCCCCCC. The zero-order valence-corrected chi connectivity index (χ0v) is 33.2. The lowest BCUT2D eigenvalue weighted by Crippen LogP contribution is -2.29. The number of ether oxygens (including phenoxy) is 4. The van der Waals surface area contributed by atoms with Crippen LogP contribution in [0.2, 0.25) is 0 Å². The van der Waals surface area contributed by atoms with Gasteiger partial charge in [-0.3, -0.25) is 0 Å². The van der Waals surface area contributed by atoms with Crippen LogP contribution in [-0.2, 0) is 18.9 Å². The summed E-state index contributed by atoms with van der Waals surface area (Å²) < 4.78 is 22.8. The maximum atomic E-state index is 11.8. The number of nitrogens with zero attached hydrogens (tertiary/aromatic N) is 1. The molecule has 0 saturated carbocycles. The molecule has 49 heavy (non-hydrogen) atoms. The maximum absolute atomic E-state index is 11.8. The number of aliphatic hydroxyl groups is 1. The molecule has 0 unspecified atom stereocenters. The lowest BCUT2D eigenvalue weighted by Gasteiger charge is -2.21. The standard InChI is InChI=1S/C42H85NO6/c1-4-7-10-13-16-23-30-39-48-42(45)49-40-31-24-20-27-34-43(35-36-44)33-26-19-17-18-25-32-41(46-37-28-21-14-11-8-5-2)47-38-29-22-15-12-9-6-3/h41,44H,4-40H2,1-3H3. The van der Waals surface area contributed by atoms with E-state index >= 15 is 0 Å². The third-order valence-corrected chi connectivity index (χ3v) is 9.49. The Morgan fingerprint density at radius 1 is 0.449 bits per heavy atom. The predicted octanol–water partition coefficient (Wildman–Crippen LogP) is 12.2. The van der Waals surface area contributed by atoms with E-state index < -0.39 is 6.16 Å². The summed E-state index contributed by atoms with van der Waals surface area (Å²) in [5.41, 5.74) is 0. The largest absolute Gasteiger partial charge is 0.508 e. The van der Waals surface area contributed by atoms with Crippen LogP contribution in [-0.4, -0.2) is 75.1 Å². The summed E-state index contributed by atoms with van der Waals surface area (Å²) >= 11 is 0. The van der Waals surface area contributed by atoms with Crippen LogP contribution in [0.3, 0.4) is 0 Å². The zero-order valence-electron chi connectivity index (χ0n) is 33.2. The van der Waals surface area contributed by atoms with Crippen LogP contribution >= 0.6 is 0 Å². The van der Waals surface area contributed by atoms with E-state index in [9.17, 15) is 9.90 Å². The van der Waals surface area contributed by atoms with Crippen LogP contribution in [0.4, 0.5) is 4.79 Å². The molecular weight excluding hydrogens is 614 g/mol. The minimum atomic E-state index is -0.520. The first-order valence-corrected chi connectivity index (χ1v) is 21.5. The average Bonchev–Trinajstić information content (AvgIpc) is 3.10. The van der Waals surface area contributed by atoms with Gasteiger partial charge in [0.2, 0.25) is 0 Å². The van der Waals surface area contributed by atoms with Crippen LogP contribution in [0.15, 0.2) is 0 Å². The summed E-state index contributed by atoms with van der Waals surface area (Å²) in [5, 5.41) is 9.55. The first-order valence-electron chi connectivity index (χ1n) is 21.5. The molecule has 0 aromatic heterocycles. The van der Waals surface area contributed by atoms with Gasteiger partial charge in [-0.2, -0.15) is 0 Å². The molecule has 0 saturated heterocycles. The van der Waals surface area contributed by atoms with Crippen molar-refractivity contribution in [2.24, 2.45) is 0 Å². The number of hydrogen-bond acceptors (Lipinski definition) is 7. The Balaban J connectivity index is 3.93. The number of hydrogen-bond donors (Lipinski definition) is 1. The van der Waals surface area contributed by atoms with Gasteiger partial charge >= 0.3 is 6.16 Å². The van der Waals surface area contributed by atoms with Gasteiger partial charge in [-0.1, -0.05) is 156 Å². The third kappa shape index (κ3) is 38.2. The topological polar surface area (TPSA) is 77.5 Å². The molecule has 0 bridgehead atoms. The van der Waals surface area contributed by atoms with Crippen LogP contribution < -0.4 is 0 Å². The lowest BCUT2D eigenvalue weighted by atomic mass is 10.1.